The van der Waals surface area contributed by atoms with Crippen molar-refractivity contribution in [3.05, 3.63) is 65.5 Å². The summed E-state index contributed by atoms with van der Waals surface area (Å²) in [6.45, 7) is 3.47. The first-order chi connectivity index (χ1) is 12.8. The summed E-state index contributed by atoms with van der Waals surface area (Å²) in [4.78, 5) is 37.1. The monoisotopic (exact) mass is 372 g/mol. The number of carboxylic acids is 1. The molecule has 0 aromatic heterocycles. The van der Waals surface area contributed by atoms with Gasteiger partial charge in [-0.25, -0.2) is 9.18 Å². The molecule has 0 aliphatic heterocycles. The van der Waals surface area contributed by atoms with Crippen LogP contribution in [0.25, 0.3) is 0 Å². The normalized spacial score (nSPS) is 10.5. The van der Waals surface area contributed by atoms with Crippen molar-refractivity contribution in [2.75, 3.05) is 11.9 Å². The zero-order chi connectivity index (χ0) is 20.0. The molecule has 0 heterocycles. The Labute approximate surface area is 156 Å². The summed E-state index contributed by atoms with van der Waals surface area (Å²) in [5.41, 5.74) is 1.25. The van der Waals surface area contributed by atoms with Gasteiger partial charge in [0.25, 0.3) is 0 Å². The smallest absolute Gasteiger partial charge is 0.335 e. The van der Waals surface area contributed by atoms with Crippen molar-refractivity contribution in [3.63, 3.8) is 0 Å². The van der Waals surface area contributed by atoms with Gasteiger partial charge in [-0.15, -0.1) is 0 Å². The van der Waals surface area contributed by atoms with Gasteiger partial charge in [-0.3, -0.25) is 9.59 Å². The number of carbonyl (C=O) groups excluding carboxylic acids is 2. The van der Waals surface area contributed by atoms with Gasteiger partial charge in [0.05, 0.1) is 12.0 Å². The van der Waals surface area contributed by atoms with E-state index in [0.29, 0.717) is 11.3 Å². The van der Waals surface area contributed by atoms with Gasteiger partial charge in [-0.05, 0) is 55.8 Å². The molecule has 2 amide bonds. The number of nitrogens with zero attached hydrogens (tertiary/aromatic N) is 1. The Morgan fingerprint density at radius 3 is 2.15 bits per heavy atom. The molecule has 0 unspecified atom stereocenters. The molecule has 2 N–H and O–H groups in total. The molecule has 0 bridgehead atoms. The highest BCUT2D eigenvalue weighted by Crippen LogP contribution is 2.11. The summed E-state index contributed by atoms with van der Waals surface area (Å²) in [7, 11) is 0. The molecule has 2 aromatic rings. The summed E-state index contributed by atoms with van der Waals surface area (Å²) >= 11 is 0. The molecular weight excluding hydrogens is 351 g/mol. The number of halogens is 1. The van der Waals surface area contributed by atoms with Gasteiger partial charge in [0.1, 0.15) is 12.4 Å². The first-order valence-corrected chi connectivity index (χ1v) is 8.43. The standard InChI is InChI=1S/C20H21FN2O4/c1-13(2)23(12-18(24)22-17-9-7-16(21)8-10-17)19(25)11-14-3-5-15(6-4-14)20(26)27/h3-10,13H,11-12H2,1-2H3,(H,22,24)(H,26,27). The Hall–Kier alpha value is -3.22. The Morgan fingerprint density at radius 2 is 1.63 bits per heavy atom. The van der Waals surface area contributed by atoms with Crippen LogP contribution >= 0.6 is 0 Å². The second-order valence-corrected chi connectivity index (χ2v) is 6.35. The van der Waals surface area contributed by atoms with Crippen LogP contribution in [0.15, 0.2) is 48.5 Å². The number of carbonyl (C=O) groups is 3. The van der Waals surface area contributed by atoms with Crippen molar-refractivity contribution in [2.45, 2.75) is 26.3 Å². The van der Waals surface area contributed by atoms with Crippen LogP contribution in [-0.4, -0.2) is 40.4 Å². The van der Waals surface area contributed by atoms with Crippen LogP contribution in [0.1, 0.15) is 29.8 Å². The zero-order valence-corrected chi connectivity index (χ0v) is 15.1. The molecular formula is C20H21FN2O4. The Morgan fingerprint density at radius 1 is 1.04 bits per heavy atom. The molecule has 7 heteroatoms. The quantitative estimate of drug-likeness (QED) is 0.782. The molecule has 2 rings (SSSR count). The average molecular weight is 372 g/mol. The van der Waals surface area contributed by atoms with Crippen LogP contribution < -0.4 is 5.32 Å². The highest BCUT2D eigenvalue weighted by molar-refractivity contribution is 5.95. The number of amides is 2. The first kappa shape index (κ1) is 20.1. The number of benzene rings is 2. The topological polar surface area (TPSA) is 86.7 Å². The highest BCUT2D eigenvalue weighted by atomic mass is 19.1. The molecule has 0 saturated heterocycles. The molecule has 142 valence electrons. The van der Waals surface area contributed by atoms with E-state index in [1.54, 1.807) is 26.0 Å². The SMILES string of the molecule is CC(C)N(CC(=O)Nc1ccc(F)cc1)C(=O)Cc1ccc(C(=O)O)cc1. The van der Waals surface area contributed by atoms with E-state index in [1.165, 1.54) is 41.3 Å². The summed E-state index contributed by atoms with van der Waals surface area (Å²) in [6.07, 6.45) is 0.0574. The molecule has 6 nitrogen and oxygen atoms in total. The van der Waals surface area contributed by atoms with Crippen LogP contribution in [-0.2, 0) is 16.0 Å². The molecule has 0 aliphatic carbocycles. The lowest BCUT2D eigenvalue weighted by Crippen LogP contribution is -2.43. The van der Waals surface area contributed by atoms with Crippen molar-refractivity contribution in [2.24, 2.45) is 0 Å². The Bertz CT molecular complexity index is 817. The second-order valence-electron chi connectivity index (χ2n) is 6.35. The molecule has 2 aromatic carbocycles. The zero-order valence-electron chi connectivity index (χ0n) is 15.1. The molecule has 27 heavy (non-hydrogen) atoms. The van der Waals surface area contributed by atoms with Gasteiger partial charge in [0.2, 0.25) is 11.8 Å². The maximum Gasteiger partial charge on any atom is 0.335 e. The van der Waals surface area contributed by atoms with Crippen LogP contribution in [0.4, 0.5) is 10.1 Å². The molecule has 0 fully saturated rings. The fourth-order valence-electron chi connectivity index (χ4n) is 2.49. The Kier molecular flexibility index (Phi) is 6.65. The number of nitrogens with one attached hydrogen (secondary N) is 1. The van der Waals surface area contributed by atoms with Crippen molar-refractivity contribution in [1.29, 1.82) is 0 Å². The summed E-state index contributed by atoms with van der Waals surface area (Å²) in [6, 6.07) is 11.2. The van der Waals surface area contributed by atoms with E-state index in [-0.39, 0.29) is 36.4 Å². The number of rotatable bonds is 7. The highest BCUT2D eigenvalue weighted by Gasteiger charge is 2.20. The minimum Gasteiger partial charge on any atom is -0.478 e. The van der Waals surface area contributed by atoms with Crippen molar-refractivity contribution >= 4 is 23.5 Å². The van der Waals surface area contributed by atoms with Crippen molar-refractivity contribution in [1.82, 2.24) is 4.90 Å². The van der Waals surface area contributed by atoms with Crippen LogP contribution in [0, 0.1) is 5.82 Å². The summed E-state index contributed by atoms with van der Waals surface area (Å²) < 4.78 is 12.9. The summed E-state index contributed by atoms with van der Waals surface area (Å²) in [5, 5.41) is 11.5. The van der Waals surface area contributed by atoms with Crippen LogP contribution in [0.5, 0.6) is 0 Å². The van der Waals surface area contributed by atoms with Gasteiger partial charge in [0, 0.05) is 11.7 Å². The molecule has 0 atom stereocenters. The molecule has 0 radical (unpaired) electrons. The third-order valence-corrected chi connectivity index (χ3v) is 3.94. The van der Waals surface area contributed by atoms with Gasteiger partial charge < -0.3 is 15.3 Å². The fraction of sp³-hybridized carbons (Fsp3) is 0.250. The minimum absolute atomic E-state index is 0.0574. The van der Waals surface area contributed by atoms with E-state index in [4.69, 9.17) is 5.11 Å². The third kappa shape index (κ3) is 5.91. The number of carboxylic acid groups (broad SMARTS) is 1. The number of hydrogen-bond acceptors (Lipinski definition) is 3. The predicted octanol–water partition coefficient (Wildman–Crippen LogP) is 2.94. The Balaban J connectivity index is 2.00. The van der Waals surface area contributed by atoms with E-state index < -0.39 is 11.8 Å². The van der Waals surface area contributed by atoms with Crippen molar-refractivity contribution < 1.29 is 23.9 Å². The van der Waals surface area contributed by atoms with E-state index >= 15 is 0 Å². The van der Waals surface area contributed by atoms with E-state index in [2.05, 4.69) is 5.32 Å². The fourth-order valence-corrected chi connectivity index (χ4v) is 2.49. The largest absolute Gasteiger partial charge is 0.478 e. The lowest BCUT2D eigenvalue weighted by atomic mass is 10.1. The van der Waals surface area contributed by atoms with E-state index in [9.17, 15) is 18.8 Å². The van der Waals surface area contributed by atoms with Crippen LogP contribution in [0.3, 0.4) is 0 Å². The maximum absolute atomic E-state index is 12.9. The van der Waals surface area contributed by atoms with Crippen LogP contribution in [0.2, 0.25) is 0 Å². The maximum atomic E-state index is 12.9. The number of hydrogen-bond donors (Lipinski definition) is 2. The second kappa shape index (κ2) is 8.93. The molecule has 0 spiro atoms. The van der Waals surface area contributed by atoms with Gasteiger partial charge in [-0.2, -0.15) is 0 Å². The lowest BCUT2D eigenvalue weighted by Gasteiger charge is -2.26. The average Bonchev–Trinajstić information content (AvgIpc) is 2.61. The van der Waals surface area contributed by atoms with E-state index in [0.717, 1.165) is 0 Å². The minimum atomic E-state index is -1.03. The number of aromatic carboxylic acids is 1. The number of anilines is 1. The van der Waals surface area contributed by atoms with Gasteiger partial charge in [0.15, 0.2) is 0 Å². The lowest BCUT2D eigenvalue weighted by molar-refractivity contribution is -0.135. The third-order valence-electron chi connectivity index (χ3n) is 3.94. The van der Waals surface area contributed by atoms with Gasteiger partial charge >= 0.3 is 5.97 Å². The first-order valence-electron chi connectivity index (χ1n) is 8.43. The van der Waals surface area contributed by atoms with E-state index in [1.807, 2.05) is 0 Å². The molecule has 0 saturated carbocycles. The van der Waals surface area contributed by atoms with Gasteiger partial charge in [-0.1, -0.05) is 12.1 Å². The molecule has 0 aliphatic rings. The predicted molar refractivity (Wildman–Crippen MR) is 99.0 cm³/mol. The summed E-state index contributed by atoms with van der Waals surface area (Å²) in [5.74, 6) is -2.07. The van der Waals surface area contributed by atoms with Crippen molar-refractivity contribution in [3.8, 4) is 0 Å².